The van der Waals surface area contributed by atoms with Crippen LogP contribution >= 0.6 is 12.2 Å². The molecule has 7 rings (SSSR count). The SMILES string of the molecule is O=C(CCN1C(=S)N[C@@H](c2ccccn2)[C@@H]1c1cccn1-c1ccc2ccccc2c1)Nc1cccc2ccccc12. The van der Waals surface area contributed by atoms with Crippen molar-refractivity contribution < 1.29 is 4.79 Å². The quantitative estimate of drug-likeness (QED) is 0.200. The van der Waals surface area contributed by atoms with E-state index in [0.717, 1.165) is 33.5 Å². The lowest BCUT2D eigenvalue weighted by Crippen LogP contribution is -2.33. The lowest BCUT2D eigenvalue weighted by molar-refractivity contribution is -0.116. The van der Waals surface area contributed by atoms with Crippen molar-refractivity contribution in [2.24, 2.45) is 0 Å². The van der Waals surface area contributed by atoms with Crippen LogP contribution in [-0.4, -0.2) is 32.0 Å². The summed E-state index contributed by atoms with van der Waals surface area (Å²) >= 11 is 5.88. The minimum absolute atomic E-state index is 0.0564. The van der Waals surface area contributed by atoms with E-state index in [0.29, 0.717) is 11.7 Å². The van der Waals surface area contributed by atoms with E-state index in [1.54, 1.807) is 6.20 Å². The number of carbonyl (C=O) groups excluding carboxylic acids is 1. The third-order valence-corrected chi connectivity index (χ3v) is 8.29. The number of fused-ring (bicyclic) bond motifs is 2. The molecule has 1 fully saturated rings. The Morgan fingerprint density at radius 3 is 2.48 bits per heavy atom. The lowest BCUT2D eigenvalue weighted by Gasteiger charge is -2.29. The minimum atomic E-state index is -0.172. The van der Waals surface area contributed by atoms with Crippen LogP contribution in [0.25, 0.3) is 27.2 Å². The van der Waals surface area contributed by atoms with Gasteiger partial charge in [0.05, 0.1) is 17.8 Å². The van der Waals surface area contributed by atoms with Gasteiger partial charge in [-0.15, -0.1) is 0 Å². The summed E-state index contributed by atoms with van der Waals surface area (Å²) in [4.78, 5) is 20.1. The fourth-order valence-electron chi connectivity index (χ4n) is 5.93. The van der Waals surface area contributed by atoms with Gasteiger partial charge in [0, 0.05) is 47.8 Å². The van der Waals surface area contributed by atoms with E-state index in [1.165, 1.54) is 10.8 Å². The van der Waals surface area contributed by atoms with Gasteiger partial charge in [-0.25, -0.2) is 0 Å². The van der Waals surface area contributed by atoms with Gasteiger partial charge in [0.2, 0.25) is 5.91 Å². The molecule has 0 bridgehead atoms. The number of carbonyl (C=O) groups is 1. The fourth-order valence-corrected chi connectivity index (χ4v) is 6.27. The zero-order valence-corrected chi connectivity index (χ0v) is 23.7. The number of amides is 1. The average molecular weight is 568 g/mol. The van der Waals surface area contributed by atoms with Crippen LogP contribution < -0.4 is 10.6 Å². The van der Waals surface area contributed by atoms with Crippen LogP contribution in [0.5, 0.6) is 0 Å². The Labute approximate surface area is 249 Å². The molecular formula is C35H29N5OS. The summed E-state index contributed by atoms with van der Waals surface area (Å²) in [5.41, 5.74) is 3.86. The van der Waals surface area contributed by atoms with Gasteiger partial charge >= 0.3 is 0 Å². The van der Waals surface area contributed by atoms with Gasteiger partial charge in [0.25, 0.3) is 0 Å². The summed E-state index contributed by atoms with van der Waals surface area (Å²) in [6, 6.07) is 38.7. The molecule has 7 heteroatoms. The number of benzene rings is 4. The third-order valence-electron chi connectivity index (χ3n) is 7.94. The molecule has 6 nitrogen and oxygen atoms in total. The van der Waals surface area contributed by atoms with Gasteiger partial charge < -0.3 is 20.1 Å². The van der Waals surface area contributed by atoms with Crippen molar-refractivity contribution in [1.29, 1.82) is 0 Å². The first-order valence-corrected chi connectivity index (χ1v) is 14.5. The highest BCUT2D eigenvalue weighted by atomic mass is 32.1. The normalized spacial score (nSPS) is 16.6. The standard InChI is InChI=1S/C35H29N5OS/c41-32(37-29-15-7-12-25-10-3-4-13-28(25)29)19-22-40-34(33(38-35(40)42)30-14-5-6-20-36-30)31-16-8-21-39(31)27-18-17-24-9-1-2-11-26(24)23-27/h1-18,20-21,23,33-34H,19,22H2,(H,37,41)(H,38,42)/t33-,34-/m0/s1. The molecule has 0 unspecified atom stereocenters. The molecular weight excluding hydrogens is 538 g/mol. The van der Waals surface area contributed by atoms with Crippen molar-refractivity contribution in [2.45, 2.75) is 18.5 Å². The summed E-state index contributed by atoms with van der Waals surface area (Å²) in [5, 5.41) is 11.7. The number of pyridine rings is 1. The van der Waals surface area contributed by atoms with Crippen molar-refractivity contribution in [3.63, 3.8) is 0 Å². The summed E-state index contributed by atoms with van der Waals surface area (Å²) in [5.74, 6) is -0.0564. The summed E-state index contributed by atoms with van der Waals surface area (Å²) in [6.45, 7) is 0.458. The Morgan fingerprint density at radius 1 is 0.833 bits per heavy atom. The molecule has 2 N–H and O–H groups in total. The molecule has 1 saturated heterocycles. The molecule has 206 valence electrons. The van der Waals surface area contributed by atoms with Crippen LogP contribution in [0.2, 0.25) is 0 Å². The second-order valence-corrected chi connectivity index (χ2v) is 10.9. The zero-order chi connectivity index (χ0) is 28.5. The maximum absolute atomic E-state index is 13.3. The fraction of sp³-hybridized carbons (Fsp3) is 0.114. The molecule has 42 heavy (non-hydrogen) atoms. The maximum atomic E-state index is 13.3. The molecule has 2 atom stereocenters. The van der Waals surface area contributed by atoms with Crippen molar-refractivity contribution in [2.75, 3.05) is 11.9 Å². The van der Waals surface area contributed by atoms with Crippen LogP contribution in [0.1, 0.15) is 29.9 Å². The first-order chi connectivity index (χ1) is 20.7. The Balaban J connectivity index is 1.20. The lowest BCUT2D eigenvalue weighted by atomic mass is 10.0. The molecule has 0 aliphatic carbocycles. The van der Waals surface area contributed by atoms with Gasteiger partial charge in [-0.3, -0.25) is 9.78 Å². The van der Waals surface area contributed by atoms with Crippen molar-refractivity contribution in [3.05, 3.63) is 139 Å². The topological polar surface area (TPSA) is 62.2 Å². The molecule has 1 amide bonds. The highest BCUT2D eigenvalue weighted by Crippen LogP contribution is 2.40. The number of nitrogens with zero attached hydrogens (tertiary/aromatic N) is 3. The molecule has 2 aromatic heterocycles. The molecule has 4 aromatic carbocycles. The Bertz CT molecular complexity index is 1910. The molecule has 0 radical (unpaired) electrons. The zero-order valence-electron chi connectivity index (χ0n) is 22.9. The summed E-state index contributed by atoms with van der Waals surface area (Å²) in [6.07, 6.45) is 4.18. The molecule has 0 saturated carbocycles. The van der Waals surface area contributed by atoms with Crippen LogP contribution in [-0.2, 0) is 4.79 Å². The Morgan fingerprint density at radius 2 is 1.62 bits per heavy atom. The van der Waals surface area contributed by atoms with Gasteiger partial charge in [-0.1, -0.05) is 72.8 Å². The molecule has 1 aliphatic rings. The van der Waals surface area contributed by atoms with E-state index in [1.807, 2.05) is 60.7 Å². The number of rotatable bonds is 7. The maximum Gasteiger partial charge on any atom is 0.226 e. The van der Waals surface area contributed by atoms with Crippen LogP contribution in [0.15, 0.2) is 128 Å². The van der Waals surface area contributed by atoms with E-state index in [2.05, 4.69) is 85.9 Å². The number of hydrogen-bond donors (Lipinski definition) is 2. The van der Waals surface area contributed by atoms with Gasteiger partial charge in [-0.05, 0) is 70.8 Å². The molecule has 3 heterocycles. The van der Waals surface area contributed by atoms with Crippen molar-refractivity contribution in [3.8, 4) is 5.69 Å². The van der Waals surface area contributed by atoms with Gasteiger partial charge in [-0.2, -0.15) is 0 Å². The van der Waals surface area contributed by atoms with E-state index in [4.69, 9.17) is 12.2 Å². The molecule has 1 aliphatic heterocycles. The number of aromatic nitrogens is 2. The number of nitrogens with one attached hydrogen (secondary N) is 2. The second kappa shape index (κ2) is 11.1. The minimum Gasteiger partial charge on any atom is -0.352 e. The smallest absolute Gasteiger partial charge is 0.226 e. The Hall–Kier alpha value is -5.01. The average Bonchev–Trinajstić information content (AvgIpc) is 3.64. The van der Waals surface area contributed by atoms with Crippen molar-refractivity contribution >= 4 is 50.5 Å². The van der Waals surface area contributed by atoms with E-state index in [-0.39, 0.29) is 24.4 Å². The molecule has 0 spiro atoms. The summed E-state index contributed by atoms with van der Waals surface area (Å²) < 4.78 is 2.21. The predicted octanol–water partition coefficient (Wildman–Crippen LogP) is 7.18. The molecule has 6 aromatic rings. The monoisotopic (exact) mass is 567 g/mol. The predicted molar refractivity (Wildman–Crippen MR) is 173 cm³/mol. The second-order valence-electron chi connectivity index (χ2n) is 10.5. The highest BCUT2D eigenvalue weighted by Gasteiger charge is 2.41. The van der Waals surface area contributed by atoms with Crippen LogP contribution in [0.4, 0.5) is 5.69 Å². The first-order valence-electron chi connectivity index (χ1n) is 14.1. The van der Waals surface area contributed by atoms with Crippen LogP contribution in [0, 0.1) is 0 Å². The number of thiocarbonyl (C=S) groups is 1. The number of anilines is 1. The number of hydrogen-bond acceptors (Lipinski definition) is 3. The first kappa shape index (κ1) is 25.9. The Kier molecular flexibility index (Phi) is 6.85. The largest absolute Gasteiger partial charge is 0.352 e. The highest BCUT2D eigenvalue weighted by molar-refractivity contribution is 7.80. The van der Waals surface area contributed by atoms with E-state index < -0.39 is 0 Å². The van der Waals surface area contributed by atoms with Gasteiger partial charge in [0.1, 0.15) is 0 Å². The van der Waals surface area contributed by atoms with E-state index >= 15 is 0 Å². The van der Waals surface area contributed by atoms with Crippen molar-refractivity contribution in [1.82, 2.24) is 19.8 Å². The summed E-state index contributed by atoms with van der Waals surface area (Å²) in [7, 11) is 0. The third kappa shape index (κ3) is 4.88. The van der Waals surface area contributed by atoms with E-state index in [9.17, 15) is 4.79 Å². The van der Waals surface area contributed by atoms with Gasteiger partial charge in [0.15, 0.2) is 5.11 Å². The van der Waals surface area contributed by atoms with Crippen LogP contribution in [0.3, 0.4) is 0 Å².